The van der Waals surface area contributed by atoms with Gasteiger partial charge in [-0.3, -0.25) is 4.90 Å². The van der Waals surface area contributed by atoms with E-state index in [9.17, 15) is 0 Å². The molecule has 0 aliphatic heterocycles. The third-order valence-electron chi connectivity index (χ3n) is 3.61. The molecule has 0 spiro atoms. The van der Waals surface area contributed by atoms with Crippen LogP contribution in [0.25, 0.3) is 0 Å². The summed E-state index contributed by atoms with van der Waals surface area (Å²) in [6, 6.07) is 0. The highest BCUT2D eigenvalue weighted by atomic mass is 16.5. The molecule has 0 saturated carbocycles. The van der Waals surface area contributed by atoms with Crippen molar-refractivity contribution in [3.8, 4) is 0 Å². The highest BCUT2D eigenvalue weighted by Gasteiger charge is 2.31. The summed E-state index contributed by atoms with van der Waals surface area (Å²) in [4.78, 5) is 2.43. The fourth-order valence-electron chi connectivity index (χ4n) is 1.70. The van der Waals surface area contributed by atoms with Crippen LogP contribution in [0.2, 0.25) is 0 Å². The molecule has 0 heterocycles. The monoisotopic (exact) mass is 229 g/mol. The van der Waals surface area contributed by atoms with Gasteiger partial charge in [-0.15, -0.1) is 0 Å². The van der Waals surface area contributed by atoms with Crippen molar-refractivity contribution in [1.29, 1.82) is 0 Å². The first-order valence-corrected chi connectivity index (χ1v) is 6.47. The van der Waals surface area contributed by atoms with E-state index in [1.54, 1.807) is 0 Å². The quantitative estimate of drug-likeness (QED) is 0.688. The van der Waals surface area contributed by atoms with E-state index in [0.29, 0.717) is 6.10 Å². The molecule has 0 aromatic heterocycles. The van der Waals surface area contributed by atoms with E-state index in [4.69, 9.17) is 4.74 Å². The van der Waals surface area contributed by atoms with Gasteiger partial charge in [0, 0.05) is 17.7 Å². The predicted molar refractivity (Wildman–Crippen MR) is 71.9 cm³/mol. The van der Waals surface area contributed by atoms with E-state index in [0.717, 1.165) is 19.4 Å². The summed E-state index contributed by atoms with van der Waals surface area (Å²) in [6.45, 7) is 16.5. The number of hydrogen-bond acceptors (Lipinski definition) is 2. The van der Waals surface area contributed by atoms with Crippen molar-refractivity contribution in [3.05, 3.63) is 0 Å². The van der Waals surface area contributed by atoms with Gasteiger partial charge in [0.15, 0.2) is 0 Å². The summed E-state index contributed by atoms with van der Waals surface area (Å²) in [5, 5.41) is 0. The van der Waals surface area contributed by atoms with E-state index in [-0.39, 0.29) is 11.1 Å². The molecular weight excluding hydrogens is 198 g/mol. The Bertz CT molecular complexity index is 193. The van der Waals surface area contributed by atoms with Gasteiger partial charge in [-0.2, -0.15) is 0 Å². The molecule has 0 aromatic rings. The summed E-state index contributed by atoms with van der Waals surface area (Å²) in [5.74, 6) is 0. The van der Waals surface area contributed by atoms with Crippen LogP contribution in [0.4, 0.5) is 0 Å². The van der Waals surface area contributed by atoms with Crippen LogP contribution in [-0.4, -0.2) is 35.7 Å². The molecule has 16 heavy (non-hydrogen) atoms. The van der Waals surface area contributed by atoms with Crippen molar-refractivity contribution in [3.63, 3.8) is 0 Å². The fourth-order valence-corrected chi connectivity index (χ4v) is 1.70. The van der Waals surface area contributed by atoms with E-state index < -0.39 is 0 Å². The topological polar surface area (TPSA) is 12.5 Å². The van der Waals surface area contributed by atoms with Crippen LogP contribution in [0.3, 0.4) is 0 Å². The Hall–Kier alpha value is -0.0800. The lowest BCUT2D eigenvalue weighted by Crippen LogP contribution is -2.52. The molecule has 0 N–H and O–H groups in total. The fraction of sp³-hybridized carbons (Fsp3) is 1.00. The average Bonchev–Trinajstić information content (AvgIpc) is 2.14. The summed E-state index contributed by atoms with van der Waals surface area (Å²) in [6.07, 6.45) is 2.55. The van der Waals surface area contributed by atoms with Gasteiger partial charge in [0.2, 0.25) is 0 Å². The zero-order valence-corrected chi connectivity index (χ0v) is 12.6. The molecule has 2 heteroatoms. The molecule has 0 bridgehead atoms. The molecule has 0 saturated heterocycles. The second kappa shape index (κ2) is 6.02. The van der Waals surface area contributed by atoms with E-state index >= 15 is 0 Å². The van der Waals surface area contributed by atoms with Crippen molar-refractivity contribution in [1.82, 2.24) is 4.90 Å². The van der Waals surface area contributed by atoms with Crippen molar-refractivity contribution < 1.29 is 4.74 Å². The molecule has 0 aliphatic carbocycles. The molecule has 0 radical (unpaired) electrons. The van der Waals surface area contributed by atoms with E-state index in [1.807, 2.05) is 0 Å². The van der Waals surface area contributed by atoms with Crippen LogP contribution >= 0.6 is 0 Å². The van der Waals surface area contributed by atoms with Gasteiger partial charge in [0.1, 0.15) is 0 Å². The maximum absolute atomic E-state index is 5.76. The van der Waals surface area contributed by atoms with Gasteiger partial charge in [0.25, 0.3) is 0 Å². The number of hydrogen-bond donors (Lipinski definition) is 0. The van der Waals surface area contributed by atoms with Gasteiger partial charge in [-0.05, 0) is 61.4 Å². The number of ether oxygens (including phenoxy) is 1. The second-order valence-electron chi connectivity index (χ2n) is 6.38. The zero-order valence-electron chi connectivity index (χ0n) is 12.6. The first-order chi connectivity index (χ1) is 7.11. The Morgan fingerprint density at radius 2 is 1.62 bits per heavy atom. The standard InChI is InChI=1S/C14H31NO/c1-9-12(2)16-11-10-14(6,7)15(8)13(3,4)5/h12H,9-11H2,1-8H3. The van der Waals surface area contributed by atoms with Crippen LogP contribution in [0.1, 0.15) is 61.3 Å². The Morgan fingerprint density at radius 3 is 2.00 bits per heavy atom. The van der Waals surface area contributed by atoms with E-state index in [2.05, 4.69) is 60.4 Å². The Balaban J connectivity index is 4.14. The maximum atomic E-state index is 5.76. The van der Waals surface area contributed by atoms with Crippen LogP contribution in [0, 0.1) is 0 Å². The van der Waals surface area contributed by atoms with E-state index in [1.165, 1.54) is 0 Å². The third-order valence-corrected chi connectivity index (χ3v) is 3.61. The Kier molecular flexibility index (Phi) is 5.99. The molecule has 2 nitrogen and oxygen atoms in total. The maximum Gasteiger partial charge on any atom is 0.0544 e. The minimum absolute atomic E-state index is 0.186. The highest BCUT2D eigenvalue weighted by Crippen LogP contribution is 2.25. The van der Waals surface area contributed by atoms with Gasteiger partial charge >= 0.3 is 0 Å². The van der Waals surface area contributed by atoms with Crippen LogP contribution in [0.15, 0.2) is 0 Å². The summed E-state index contributed by atoms with van der Waals surface area (Å²) >= 11 is 0. The first kappa shape index (κ1) is 15.9. The second-order valence-corrected chi connectivity index (χ2v) is 6.38. The van der Waals surface area contributed by atoms with Gasteiger partial charge < -0.3 is 4.74 Å². The molecular formula is C14H31NO. The molecule has 0 rings (SSSR count). The largest absolute Gasteiger partial charge is 0.378 e. The van der Waals surface area contributed by atoms with Crippen molar-refractivity contribution in [2.75, 3.05) is 13.7 Å². The first-order valence-electron chi connectivity index (χ1n) is 6.47. The van der Waals surface area contributed by atoms with Crippen LogP contribution in [-0.2, 0) is 4.74 Å². The highest BCUT2D eigenvalue weighted by molar-refractivity contribution is 4.87. The number of rotatable bonds is 6. The molecule has 0 fully saturated rings. The minimum Gasteiger partial charge on any atom is -0.378 e. The molecule has 0 aliphatic rings. The van der Waals surface area contributed by atoms with Gasteiger partial charge in [-0.25, -0.2) is 0 Å². The molecule has 1 unspecified atom stereocenters. The zero-order chi connectivity index (χ0) is 13.0. The average molecular weight is 229 g/mol. The van der Waals surface area contributed by atoms with Crippen molar-refractivity contribution >= 4 is 0 Å². The van der Waals surface area contributed by atoms with Gasteiger partial charge in [0.05, 0.1) is 6.10 Å². The molecule has 0 aromatic carbocycles. The van der Waals surface area contributed by atoms with Crippen LogP contribution in [0.5, 0.6) is 0 Å². The predicted octanol–water partition coefficient (Wildman–Crippen LogP) is 3.70. The molecule has 98 valence electrons. The number of nitrogens with zero attached hydrogens (tertiary/aromatic N) is 1. The lowest BCUT2D eigenvalue weighted by molar-refractivity contribution is 0.00310. The lowest BCUT2D eigenvalue weighted by Gasteiger charge is -2.44. The smallest absolute Gasteiger partial charge is 0.0544 e. The summed E-state index contributed by atoms with van der Waals surface area (Å²) in [7, 11) is 2.20. The normalized spacial score (nSPS) is 15.6. The minimum atomic E-state index is 0.186. The Labute approximate surface area is 102 Å². The summed E-state index contributed by atoms with van der Waals surface area (Å²) in [5.41, 5.74) is 0.394. The lowest BCUT2D eigenvalue weighted by atomic mass is 9.93. The molecule has 1 atom stereocenters. The van der Waals surface area contributed by atoms with Gasteiger partial charge in [-0.1, -0.05) is 6.92 Å². The van der Waals surface area contributed by atoms with Crippen molar-refractivity contribution in [2.24, 2.45) is 0 Å². The third kappa shape index (κ3) is 5.31. The Morgan fingerprint density at radius 1 is 1.12 bits per heavy atom. The van der Waals surface area contributed by atoms with Crippen LogP contribution < -0.4 is 0 Å². The molecule has 0 amide bonds. The summed E-state index contributed by atoms with van der Waals surface area (Å²) < 4.78 is 5.76. The SMILES string of the molecule is CCC(C)OCCC(C)(C)N(C)C(C)(C)C. The van der Waals surface area contributed by atoms with Crippen molar-refractivity contribution in [2.45, 2.75) is 78.5 Å².